The largest absolute Gasteiger partial charge is 0.369 e. The van der Waals surface area contributed by atoms with E-state index in [0.29, 0.717) is 0 Å². The van der Waals surface area contributed by atoms with E-state index in [1.165, 1.54) is 12.8 Å². The first-order chi connectivity index (χ1) is 7.20. The first-order valence-corrected chi connectivity index (χ1v) is 6.27. The summed E-state index contributed by atoms with van der Waals surface area (Å²) in [5.74, 6) is 2.75. The maximum absolute atomic E-state index is 4.53. The van der Waals surface area contributed by atoms with Crippen LogP contribution in [0.5, 0.6) is 0 Å². The molecule has 0 saturated heterocycles. The fourth-order valence-corrected chi connectivity index (χ4v) is 1.89. The van der Waals surface area contributed by atoms with Crippen molar-refractivity contribution in [3.63, 3.8) is 0 Å². The van der Waals surface area contributed by atoms with Gasteiger partial charge in [0.25, 0.3) is 0 Å². The molecule has 0 unspecified atom stereocenters. The Morgan fingerprint density at radius 3 is 2.73 bits per heavy atom. The van der Waals surface area contributed by atoms with E-state index in [2.05, 4.69) is 38.1 Å². The van der Waals surface area contributed by atoms with Gasteiger partial charge in [-0.2, -0.15) is 0 Å². The van der Waals surface area contributed by atoms with Crippen LogP contribution in [-0.2, 0) is 6.42 Å². The summed E-state index contributed by atoms with van der Waals surface area (Å²) < 4.78 is 0.990. The summed E-state index contributed by atoms with van der Waals surface area (Å²) in [5.41, 5.74) is 1.02. The molecule has 1 aromatic heterocycles. The van der Waals surface area contributed by atoms with Crippen LogP contribution in [-0.4, -0.2) is 16.5 Å². The fourth-order valence-electron chi connectivity index (χ4n) is 1.57. The van der Waals surface area contributed by atoms with Gasteiger partial charge in [-0.05, 0) is 48.5 Å². The lowest BCUT2D eigenvalue weighted by atomic mass is 10.2. The third-order valence-electron chi connectivity index (χ3n) is 2.58. The zero-order chi connectivity index (χ0) is 10.8. The molecule has 15 heavy (non-hydrogen) atoms. The maximum Gasteiger partial charge on any atom is 0.144 e. The van der Waals surface area contributed by atoms with Crippen molar-refractivity contribution in [3.05, 3.63) is 16.0 Å². The molecule has 0 aliphatic heterocycles. The van der Waals surface area contributed by atoms with Gasteiger partial charge >= 0.3 is 0 Å². The summed E-state index contributed by atoms with van der Waals surface area (Å²) in [6.07, 6.45) is 3.72. The number of anilines is 1. The predicted molar refractivity (Wildman–Crippen MR) is 65.1 cm³/mol. The summed E-state index contributed by atoms with van der Waals surface area (Å²) in [5, 5.41) is 3.25. The molecule has 0 spiro atoms. The van der Waals surface area contributed by atoms with Crippen molar-refractivity contribution in [1.29, 1.82) is 0 Å². The number of aromatic nitrogens is 2. The van der Waals surface area contributed by atoms with E-state index in [4.69, 9.17) is 0 Å². The Hall–Kier alpha value is -0.640. The van der Waals surface area contributed by atoms with Crippen LogP contribution in [0, 0.1) is 12.8 Å². The molecule has 1 aliphatic rings. The Bertz CT molecular complexity index is 361. The standard InChI is InChI=1S/C11H16BrN3/c1-3-13-11-10(12)7(2)14-9(15-11)6-8-4-5-8/h8H,3-6H2,1-2H3,(H,13,14,15). The SMILES string of the molecule is CCNc1nc(CC2CC2)nc(C)c1Br. The minimum atomic E-state index is 0.833. The number of hydrogen-bond acceptors (Lipinski definition) is 3. The molecule has 1 heterocycles. The highest BCUT2D eigenvalue weighted by Crippen LogP contribution is 2.32. The van der Waals surface area contributed by atoms with Crippen molar-refractivity contribution < 1.29 is 0 Å². The second-order valence-electron chi connectivity index (χ2n) is 4.07. The Morgan fingerprint density at radius 1 is 1.40 bits per heavy atom. The van der Waals surface area contributed by atoms with Crippen LogP contribution in [0.1, 0.15) is 31.3 Å². The van der Waals surface area contributed by atoms with Gasteiger partial charge in [-0.3, -0.25) is 0 Å². The maximum atomic E-state index is 4.53. The molecular weight excluding hydrogens is 254 g/mol. The van der Waals surface area contributed by atoms with Crippen molar-refractivity contribution in [2.75, 3.05) is 11.9 Å². The van der Waals surface area contributed by atoms with Gasteiger partial charge in [0.05, 0.1) is 10.2 Å². The van der Waals surface area contributed by atoms with Crippen LogP contribution in [0.4, 0.5) is 5.82 Å². The van der Waals surface area contributed by atoms with Gasteiger partial charge in [0.2, 0.25) is 0 Å². The third-order valence-corrected chi connectivity index (χ3v) is 3.52. The lowest BCUT2D eigenvalue weighted by Crippen LogP contribution is -2.07. The molecule has 0 bridgehead atoms. The van der Waals surface area contributed by atoms with E-state index in [0.717, 1.165) is 40.7 Å². The van der Waals surface area contributed by atoms with E-state index >= 15 is 0 Å². The molecule has 0 atom stereocenters. The first kappa shape index (κ1) is 10.9. The molecule has 82 valence electrons. The normalized spacial score (nSPS) is 15.4. The van der Waals surface area contributed by atoms with Crippen LogP contribution >= 0.6 is 15.9 Å². The minimum absolute atomic E-state index is 0.833. The Balaban J connectivity index is 2.23. The summed E-state index contributed by atoms with van der Waals surface area (Å²) in [6, 6.07) is 0. The molecule has 1 aliphatic carbocycles. The number of nitrogens with one attached hydrogen (secondary N) is 1. The predicted octanol–water partition coefficient (Wildman–Crippen LogP) is 2.93. The van der Waals surface area contributed by atoms with E-state index in [1.807, 2.05) is 6.92 Å². The minimum Gasteiger partial charge on any atom is -0.369 e. The topological polar surface area (TPSA) is 37.8 Å². The molecule has 1 saturated carbocycles. The van der Waals surface area contributed by atoms with E-state index in [1.54, 1.807) is 0 Å². The van der Waals surface area contributed by atoms with Crippen molar-refractivity contribution >= 4 is 21.7 Å². The van der Waals surface area contributed by atoms with Gasteiger partial charge in [-0.25, -0.2) is 9.97 Å². The average Bonchev–Trinajstić information content (AvgIpc) is 2.98. The van der Waals surface area contributed by atoms with Crippen LogP contribution in [0.2, 0.25) is 0 Å². The number of rotatable bonds is 4. The lowest BCUT2D eigenvalue weighted by Gasteiger charge is -2.09. The lowest BCUT2D eigenvalue weighted by molar-refractivity contribution is 0.762. The molecule has 3 nitrogen and oxygen atoms in total. The second kappa shape index (κ2) is 4.47. The van der Waals surface area contributed by atoms with Gasteiger partial charge in [0.1, 0.15) is 11.6 Å². The van der Waals surface area contributed by atoms with Crippen molar-refractivity contribution in [3.8, 4) is 0 Å². The number of nitrogens with zero attached hydrogens (tertiary/aromatic N) is 2. The molecule has 0 radical (unpaired) electrons. The van der Waals surface area contributed by atoms with Crippen molar-refractivity contribution in [1.82, 2.24) is 9.97 Å². The van der Waals surface area contributed by atoms with E-state index < -0.39 is 0 Å². The van der Waals surface area contributed by atoms with Crippen LogP contribution in [0.25, 0.3) is 0 Å². The highest BCUT2D eigenvalue weighted by molar-refractivity contribution is 9.10. The monoisotopic (exact) mass is 269 g/mol. The number of halogens is 1. The highest BCUT2D eigenvalue weighted by atomic mass is 79.9. The molecule has 1 N–H and O–H groups in total. The molecule has 1 fully saturated rings. The summed E-state index contributed by atoms with van der Waals surface area (Å²) >= 11 is 3.51. The van der Waals surface area contributed by atoms with Gasteiger partial charge in [0, 0.05) is 13.0 Å². The zero-order valence-corrected chi connectivity index (χ0v) is 10.8. The molecule has 0 aromatic carbocycles. The Morgan fingerprint density at radius 2 is 2.13 bits per heavy atom. The molecule has 0 amide bonds. The molecule has 4 heteroatoms. The third kappa shape index (κ3) is 2.68. The van der Waals surface area contributed by atoms with Crippen LogP contribution in [0.15, 0.2) is 4.47 Å². The van der Waals surface area contributed by atoms with Crippen molar-refractivity contribution in [2.45, 2.75) is 33.1 Å². The highest BCUT2D eigenvalue weighted by Gasteiger charge is 2.23. The quantitative estimate of drug-likeness (QED) is 0.914. The first-order valence-electron chi connectivity index (χ1n) is 5.47. The van der Waals surface area contributed by atoms with Crippen LogP contribution < -0.4 is 5.32 Å². The van der Waals surface area contributed by atoms with Gasteiger partial charge in [-0.15, -0.1) is 0 Å². The number of aryl methyl sites for hydroxylation is 1. The second-order valence-corrected chi connectivity index (χ2v) is 4.86. The summed E-state index contributed by atoms with van der Waals surface area (Å²) in [4.78, 5) is 9.03. The van der Waals surface area contributed by atoms with Gasteiger partial charge in [-0.1, -0.05) is 0 Å². The average molecular weight is 270 g/mol. The summed E-state index contributed by atoms with van der Waals surface area (Å²) in [6.45, 7) is 4.98. The molecule has 1 aromatic rings. The zero-order valence-electron chi connectivity index (χ0n) is 9.18. The van der Waals surface area contributed by atoms with Gasteiger partial charge in [0.15, 0.2) is 0 Å². The number of hydrogen-bond donors (Lipinski definition) is 1. The molecule has 2 rings (SSSR count). The smallest absolute Gasteiger partial charge is 0.144 e. The fraction of sp³-hybridized carbons (Fsp3) is 0.636. The van der Waals surface area contributed by atoms with E-state index in [9.17, 15) is 0 Å². The van der Waals surface area contributed by atoms with E-state index in [-0.39, 0.29) is 0 Å². The molecular formula is C11H16BrN3. The summed E-state index contributed by atoms with van der Waals surface area (Å²) in [7, 11) is 0. The Kier molecular flexibility index (Phi) is 3.24. The van der Waals surface area contributed by atoms with Gasteiger partial charge < -0.3 is 5.32 Å². The van der Waals surface area contributed by atoms with Crippen molar-refractivity contribution in [2.24, 2.45) is 5.92 Å². The van der Waals surface area contributed by atoms with Crippen LogP contribution in [0.3, 0.4) is 0 Å². The Labute approximate surface area is 98.8 Å².